The molecular formula is C22H26N2O3. The van der Waals surface area contributed by atoms with Gasteiger partial charge in [-0.05, 0) is 49.8 Å². The van der Waals surface area contributed by atoms with Gasteiger partial charge in [-0.2, -0.15) is 0 Å². The van der Waals surface area contributed by atoms with Crippen molar-refractivity contribution in [2.75, 3.05) is 13.2 Å². The first-order valence-corrected chi connectivity index (χ1v) is 9.74. The smallest absolute Gasteiger partial charge is 0.270 e. The summed E-state index contributed by atoms with van der Waals surface area (Å²) in [6.07, 6.45) is 5.90. The van der Waals surface area contributed by atoms with E-state index in [1.165, 1.54) is 5.56 Å². The van der Waals surface area contributed by atoms with E-state index in [1.807, 2.05) is 19.1 Å². The molecule has 142 valence electrons. The number of carbonyl (C=O) groups is 1. The topological polar surface area (TPSA) is 60.5 Å². The van der Waals surface area contributed by atoms with E-state index >= 15 is 0 Å². The monoisotopic (exact) mass is 366 g/mol. The zero-order valence-corrected chi connectivity index (χ0v) is 15.7. The molecule has 1 aliphatic heterocycles. The van der Waals surface area contributed by atoms with Crippen LogP contribution >= 0.6 is 0 Å². The average Bonchev–Trinajstić information content (AvgIpc) is 3.17. The first-order chi connectivity index (χ1) is 13.1. The molecule has 2 aliphatic rings. The number of benzene rings is 1. The zero-order chi connectivity index (χ0) is 18.7. The van der Waals surface area contributed by atoms with Gasteiger partial charge in [0, 0.05) is 17.8 Å². The van der Waals surface area contributed by atoms with Crippen LogP contribution in [0.1, 0.15) is 60.1 Å². The molecule has 1 N–H and O–H groups in total. The van der Waals surface area contributed by atoms with Gasteiger partial charge in [0.05, 0.1) is 13.2 Å². The highest BCUT2D eigenvalue weighted by atomic mass is 16.7. The highest BCUT2D eigenvalue weighted by Crippen LogP contribution is 2.35. The molecule has 1 aromatic heterocycles. The maximum absolute atomic E-state index is 12.4. The van der Waals surface area contributed by atoms with Gasteiger partial charge < -0.3 is 14.8 Å². The fourth-order valence-electron chi connectivity index (χ4n) is 4.12. The van der Waals surface area contributed by atoms with Crippen molar-refractivity contribution in [1.82, 2.24) is 10.3 Å². The minimum absolute atomic E-state index is 0.0833. The third-order valence-corrected chi connectivity index (χ3v) is 5.65. The minimum Gasteiger partial charge on any atom is -0.348 e. The first kappa shape index (κ1) is 18.1. The van der Waals surface area contributed by atoms with Crippen LogP contribution in [-0.2, 0) is 15.3 Å². The molecule has 2 fully saturated rings. The van der Waals surface area contributed by atoms with Crippen molar-refractivity contribution in [3.8, 4) is 0 Å². The van der Waals surface area contributed by atoms with Crippen LogP contribution in [0.25, 0.3) is 0 Å². The summed E-state index contributed by atoms with van der Waals surface area (Å²) in [6.45, 7) is 3.25. The van der Waals surface area contributed by atoms with Crippen molar-refractivity contribution in [3.63, 3.8) is 0 Å². The molecule has 2 heterocycles. The summed E-state index contributed by atoms with van der Waals surface area (Å²) >= 11 is 0. The van der Waals surface area contributed by atoms with Crippen molar-refractivity contribution >= 4 is 5.91 Å². The number of rotatable bonds is 4. The van der Waals surface area contributed by atoms with Gasteiger partial charge >= 0.3 is 0 Å². The normalized spacial score (nSPS) is 24.5. The maximum Gasteiger partial charge on any atom is 0.270 e. The Kier molecular flexibility index (Phi) is 5.23. The second-order valence-corrected chi connectivity index (χ2v) is 7.51. The molecule has 1 amide bonds. The second kappa shape index (κ2) is 7.79. The van der Waals surface area contributed by atoms with Crippen LogP contribution in [0.2, 0.25) is 0 Å². The van der Waals surface area contributed by atoms with E-state index < -0.39 is 5.79 Å². The molecule has 4 rings (SSSR count). The fourth-order valence-corrected chi connectivity index (χ4v) is 4.12. The second-order valence-electron chi connectivity index (χ2n) is 7.51. The molecule has 1 saturated carbocycles. The van der Waals surface area contributed by atoms with E-state index in [1.54, 1.807) is 12.3 Å². The molecule has 0 radical (unpaired) electrons. The van der Waals surface area contributed by atoms with Crippen molar-refractivity contribution in [2.24, 2.45) is 0 Å². The maximum atomic E-state index is 12.4. The molecule has 2 aromatic rings. The van der Waals surface area contributed by atoms with Crippen LogP contribution < -0.4 is 5.32 Å². The Morgan fingerprint density at radius 1 is 1.11 bits per heavy atom. The number of carbonyl (C=O) groups excluding carboxylic acids is 1. The molecule has 1 aliphatic carbocycles. The minimum atomic E-state index is -0.621. The van der Waals surface area contributed by atoms with E-state index in [2.05, 4.69) is 34.6 Å². The summed E-state index contributed by atoms with van der Waals surface area (Å²) in [6, 6.07) is 14.2. The number of pyridine rings is 1. The number of hydrogen-bond donors (Lipinski definition) is 1. The summed E-state index contributed by atoms with van der Waals surface area (Å²) in [5.41, 5.74) is 2.85. The molecular weight excluding hydrogens is 340 g/mol. The van der Waals surface area contributed by atoms with E-state index in [0.717, 1.165) is 31.2 Å². The molecule has 27 heavy (non-hydrogen) atoms. The van der Waals surface area contributed by atoms with E-state index in [-0.39, 0.29) is 11.9 Å². The summed E-state index contributed by atoms with van der Waals surface area (Å²) < 4.78 is 11.5. The molecule has 1 saturated heterocycles. The highest BCUT2D eigenvalue weighted by molar-refractivity contribution is 5.92. The molecule has 2 atom stereocenters. The number of nitrogens with one attached hydrogen (secondary N) is 1. The van der Waals surface area contributed by atoms with Gasteiger partial charge in [-0.3, -0.25) is 9.78 Å². The van der Waals surface area contributed by atoms with Gasteiger partial charge in [0.15, 0.2) is 5.79 Å². The van der Waals surface area contributed by atoms with Crippen LogP contribution in [0.5, 0.6) is 0 Å². The Balaban J connectivity index is 1.40. The largest absolute Gasteiger partial charge is 0.348 e. The van der Waals surface area contributed by atoms with Crippen LogP contribution in [0.15, 0.2) is 48.7 Å². The Morgan fingerprint density at radius 3 is 2.59 bits per heavy atom. The summed E-state index contributed by atoms with van der Waals surface area (Å²) in [4.78, 5) is 16.5. The van der Waals surface area contributed by atoms with Gasteiger partial charge in [0.1, 0.15) is 5.69 Å². The number of nitrogens with zero attached hydrogens (tertiary/aromatic N) is 1. The molecule has 0 bridgehead atoms. The van der Waals surface area contributed by atoms with Crippen molar-refractivity contribution in [3.05, 3.63) is 65.5 Å². The van der Waals surface area contributed by atoms with Gasteiger partial charge in [-0.1, -0.05) is 36.8 Å². The summed E-state index contributed by atoms with van der Waals surface area (Å²) in [5, 5.41) is 3.16. The standard InChI is InChI=1S/C22H26N2O3/c1-22(26-13-14-27-22)18-10-8-16(9-11-18)17-5-4-6-19(15-17)24-21(25)20-7-2-3-12-23-20/h2-3,7-12,17,19H,4-6,13-15H2,1H3,(H,24,25)/t17-,19+/m1/s1. The lowest BCUT2D eigenvalue weighted by molar-refractivity contribution is -0.149. The Morgan fingerprint density at radius 2 is 1.89 bits per heavy atom. The van der Waals surface area contributed by atoms with Gasteiger partial charge in [-0.15, -0.1) is 0 Å². The fraction of sp³-hybridized carbons (Fsp3) is 0.455. The Hall–Kier alpha value is -2.24. The average molecular weight is 366 g/mol. The van der Waals surface area contributed by atoms with Crippen LogP contribution in [0.4, 0.5) is 0 Å². The van der Waals surface area contributed by atoms with E-state index in [4.69, 9.17) is 9.47 Å². The number of amides is 1. The van der Waals surface area contributed by atoms with Crippen molar-refractivity contribution in [2.45, 2.75) is 50.4 Å². The lowest BCUT2D eigenvalue weighted by Crippen LogP contribution is -2.38. The Bertz CT molecular complexity index is 770. The van der Waals surface area contributed by atoms with E-state index in [0.29, 0.717) is 24.8 Å². The van der Waals surface area contributed by atoms with Gasteiger partial charge in [-0.25, -0.2) is 0 Å². The predicted molar refractivity (Wildman–Crippen MR) is 102 cm³/mol. The highest BCUT2D eigenvalue weighted by Gasteiger charge is 2.33. The van der Waals surface area contributed by atoms with E-state index in [9.17, 15) is 4.79 Å². The number of hydrogen-bond acceptors (Lipinski definition) is 4. The molecule has 5 heteroatoms. The van der Waals surface area contributed by atoms with Crippen LogP contribution in [-0.4, -0.2) is 30.1 Å². The Labute approximate surface area is 160 Å². The molecule has 5 nitrogen and oxygen atoms in total. The summed E-state index contributed by atoms with van der Waals surface area (Å²) in [7, 11) is 0. The number of aromatic nitrogens is 1. The van der Waals surface area contributed by atoms with Crippen LogP contribution in [0, 0.1) is 0 Å². The van der Waals surface area contributed by atoms with Crippen molar-refractivity contribution in [1.29, 1.82) is 0 Å². The third-order valence-electron chi connectivity index (χ3n) is 5.65. The van der Waals surface area contributed by atoms with Gasteiger partial charge in [0.2, 0.25) is 0 Å². The molecule has 1 aromatic carbocycles. The quantitative estimate of drug-likeness (QED) is 0.895. The van der Waals surface area contributed by atoms with Gasteiger partial charge in [0.25, 0.3) is 5.91 Å². The third kappa shape index (κ3) is 4.04. The molecule has 0 unspecified atom stereocenters. The first-order valence-electron chi connectivity index (χ1n) is 9.74. The van der Waals surface area contributed by atoms with Crippen molar-refractivity contribution < 1.29 is 14.3 Å². The lowest BCUT2D eigenvalue weighted by atomic mass is 9.81. The SMILES string of the molecule is CC1(c2ccc([C@@H]3CCC[C@H](NC(=O)c4ccccn4)C3)cc2)OCCO1. The zero-order valence-electron chi connectivity index (χ0n) is 15.7. The summed E-state index contributed by atoms with van der Waals surface area (Å²) in [5.74, 6) is -0.246. The number of ether oxygens (including phenoxy) is 2. The lowest BCUT2D eigenvalue weighted by Gasteiger charge is -2.30. The van der Waals surface area contributed by atoms with Crippen LogP contribution in [0.3, 0.4) is 0 Å². The molecule has 0 spiro atoms. The predicted octanol–water partition coefficient (Wildman–Crippen LogP) is 3.76.